The highest BCUT2D eigenvalue weighted by Gasteiger charge is 2.31. The summed E-state index contributed by atoms with van der Waals surface area (Å²) in [5, 5.41) is 3.37. The Bertz CT molecular complexity index is 1540. The van der Waals surface area contributed by atoms with Crippen molar-refractivity contribution in [2.24, 2.45) is 12.0 Å². The number of fused-ring (bicyclic) bond motifs is 3. The van der Waals surface area contributed by atoms with E-state index in [1.807, 2.05) is 10.6 Å². The van der Waals surface area contributed by atoms with E-state index in [9.17, 15) is 18.0 Å². The first-order valence-electron chi connectivity index (χ1n) is 11.0. The summed E-state index contributed by atoms with van der Waals surface area (Å²) >= 11 is 0. The predicted molar refractivity (Wildman–Crippen MR) is 124 cm³/mol. The minimum absolute atomic E-state index is 0.364. The van der Waals surface area contributed by atoms with Gasteiger partial charge in [0.2, 0.25) is 0 Å². The molecule has 5 rings (SSSR count). The lowest BCUT2D eigenvalue weighted by molar-refractivity contribution is -0.137. The molecule has 0 saturated heterocycles. The van der Waals surface area contributed by atoms with Crippen LogP contribution >= 0.6 is 0 Å². The summed E-state index contributed by atoms with van der Waals surface area (Å²) in [4.78, 5) is 29.6. The number of nitrogens with one attached hydrogen (secondary N) is 1. The van der Waals surface area contributed by atoms with Gasteiger partial charge in [0.1, 0.15) is 17.5 Å². The van der Waals surface area contributed by atoms with Crippen molar-refractivity contribution in [2.45, 2.75) is 32.6 Å². The predicted octanol–water partition coefficient (Wildman–Crippen LogP) is 3.56. The van der Waals surface area contributed by atoms with Gasteiger partial charge in [-0.15, -0.1) is 0 Å². The van der Waals surface area contributed by atoms with Crippen molar-refractivity contribution >= 4 is 5.82 Å². The summed E-state index contributed by atoms with van der Waals surface area (Å²) in [5.74, 6) is 2.02. The zero-order valence-corrected chi connectivity index (χ0v) is 19.3. The van der Waals surface area contributed by atoms with Gasteiger partial charge in [0.15, 0.2) is 5.49 Å². The van der Waals surface area contributed by atoms with Crippen LogP contribution in [0.1, 0.15) is 29.9 Å². The lowest BCUT2D eigenvalue weighted by Gasteiger charge is -2.18. The van der Waals surface area contributed by atoms with Crippen molar-refractivity contribution in [3.63, 3.8) is 0 Å². The molecule has 1 aromatic carbocycles. The Morgan fingerprint density at radius 3 is 2.71 bits per heavy atom. The van der Waals surface area contributed by atoms with E-state index in [4.69, 9.17) is 4.99 Å². The van der Waals surface area contributed by atoms with Crippen molar-refractivity contribution in [2.75, 3.05) is 11.9 Å². The largest absolute Gasteiger partial charge is 0.416 e. The van der Waals surface area contributed by atoms with Crippen LogP contribution in [0.5, 0.6) is 0 Å². The monoisotopic (exact) mass is 481 g/mol. The van der Waals surface area contributed by atoms with Crippen LogP contribution in [0.4, 0.5) is 19.0 Å². The maximum absolute atomic E-state index is 13.2. The topological polar surface area (TPSA) is 90.0 Å². The summed E-state index contributed by atoms with van der Waals surface area (Å²) in [6.45, 7) is 4.85. The molecule has 180 valence electrons. The van der Waals surface area contributed by atoms with Gasteiger partial charge in [-0.05, 0) is 37.6 Å². The molecule has 2 aromatic rings. The molecule has 4 heterocycles. The van der Waals surface area contributed by atoms with Crippen LogP contribution in [0.3, 0.4) is 0 Å². The Kier molecular flexibility index (Phi) is 5.42. The molecular formula is C24H22F3N7O. The first-order valence-corrected chi connectivity index (χ1v) is 11.0. The standard InChI is InChI=1S/C24H22F3N7O/c1-13(15-5-4-6-17(9-15)24(25,26)27)30-20-19-10-18(16-11-29-23(35)33(3)12-16)21-28-7-8-34(21)22(19)32-14(2)31-20/h4-6,9-13,28H,7-8H2,1-3H3. The molecular weight excluding hydrogens is 459 g/mol. The third-order valence-corrected chi connectivity index (χ3v) is 5.99. The average molecular weight is 481 g/mol. The van der Waals surface area contributed by atoms with Crippen molar-refractivity contribution < 1.29 is 13.2 Å². The number of halogens is 3. The van der Waals surface area contributed by atoms with Crippen LogP contribution in [0.15, 0.2) is 52.5 Å². The summed E-state index contributed by atoms with van der Waals surface area (Å²) in [5.41, 5.74) is 1.92. The molecule has 0 bridgehead atoms. The molecule has 0 amide bonds. The fourth-order valence-corrected chi connectivity index (χ4v) is 4.25. The summed E-state index contributed by atoms with van der Waals surface area (Å²) < 4.78 is 43.1. The molecule has 11 heteroatoms. The van der Waals surface area contributed by atoms with Crippen molar-refractivity contribution in [1.29, 1.82) is 0 Å². The molecule has 0 radical (unpaired) electrons. The van der Waals surface area contributed by atoms with Gasteiger partial charge in [-0.3, -0.25) is 4.99 Å². The molecule has 1 N–H and O–H groups in total. The number of alkyl halides is 3. The van der Waals surface area contributed by atoms with E-state index < -0.39 is 17.8 Å². The van der Waals surface area contributed by atoms with Crippen LogP contribution in [-0.2, 0) is 19.8 Å². The first kappa shape index (κ1) is 22.8. The van der Waals surface area contributed by atoms with Gasteiger partial charge >= 0.3 is 11.9 Å². The Morgan fingerprint density at radius 1 is 1.17 bits per heavy atom. The quantitative estimate of drug-likeness (QED) is 0.483. The van der Waals surface area contributed by atoms with Gasteiger partial charge in [0, 0.05) is 43.7 Å². The van der Waals surface area contributed by atoms with Crippen LogP contribution in [0, 0.1) is 6.92 Å². The Morgan fingerprint density at radius 2 is 1.97 bits per heavy atom. The second-order valence-electron chi connectivity index (χ2n) is 8.48. The highest BCUT2D eigenvalue weighted by molar-refractivity contribution is 5.81. The van der Waals surface area contributed by atoms with E-state index in [0.717, 1.165) is 29.1 Å². The Labute approximate surface area is 198 Å². The number of hydrogen-bond donors (Lipinski definition) is 1. The highest BCUT2D eigenvalue weighted by atomic mass is 19.4. The smallest absolute Gasteiger partial charge is 0.369 e. The Balaban J connectivity index is 1.71. The van der Waals surface area contributed by atoms with E-state index >= 15 is 0 Å². The Hall–Kier alpha value is -4.02. The first-order chi connectivity index (χ1) is 16.6. The van der Waals surface area contributed by atoms with E-state index in [-0.39, 0.29) is 5.69 Å². The summed E-state index contributed by atoms with van der Waals surface area (Å²) in [6, 6.07) is 6.47. The van der Waals surface area contributed by atoms with Gasteiger partial charge in [-0.1, -0.05) is 12.1 Å². The summed E-state index contributed by atoms with van der Waals surface area (Å²) in [6.07, 6.45) is -1.22. The molecule has 0 saturated carbocycles. The molecule has 3 aliphatic rings. The third kappa shape index (κ3) is 4.17. The van der Waals surface area contributed by atoms with E-state index in [2.05, 4.69) is 20.3 Å². The number of nitrogens with zero attached hydrogens (tertiary/aromatic N) is 6. The van der Waals surface area contributed by atoms with E-state index in [1.165, 1.54) is 16.8 Å². The van der Waals surface area contributed by atoms with Crippen molar-refractivity contribution in [3.8, 4) is 22.5 Å². The average Bonchev–Trinajstić information content (AvgIpc) is 3.30. The minimum atomic E-state index is -4.43. The molecule has 1 atom stereocenters. The molecule has 1 aromatic heterocycles. The molecule has 35 heavy (non-hydrogen) atoms. The highest BCUT2D eigenvalue weighted by Crippen LogP contribution is 2.36. The number of aromatic nitrogens is 5. The third-order valence-electron chi connectivity index (χ3n) is 5.99. The van der Waals surface area contributed by atoms with Crippen LogP contribution in [0.2, 0.25) is 0 Å². The van der Waals surface area contributed by atoms with Crippen molar-refractivity contribution in [1.82, 2.24) is 24.1 Å². The number of anilines is 1. The molecule has 0 fully saturated rings. The SMILES string of the molecule is Cc1nc2n3c(c(-c4cnc(=O)n(C)c4)cc-2c(=NC(C)c2cccc(C(F)(F)F)c2)n1)NCC3. The van der Waals surface area contributed by atoms with Crippen molar-refractivity contribution in [3.05, 3.63) is 75.6 Å². The van der Waals surface area contributed by atoms with E-state index in [0.29, 0.717) is 41.4 Å². The maximum Gasteiger partial charge on any atom is 0.416 e. The molecule has 0 spiro atoms. The number of benzene rings is 1. The van der Waals surface area contributed by atoms with Gasteiger partial charge in [-0.2, -0.15) is 13.2 Å². The van der Waals surface area contributed by atoms with E-state index in [1.54, 1.807) is 33.2 Å². The second-order valence-corrected chi connectivity index (χ2v) is 8.48. The second kappa shape index (κ2) is 8.33. The van der Waals surface area contributed by atoms with Gasteiger partial charge < -0.3 is 14.5 Å². The molecule has 0 aliphatic carbocycles. The van der Waals surface area contributed by atoms with Crippen LogP contribution in [-0.4, -0.2) is 30.6 Å². The van der Waals surface area contributed by atoms with Crippen LogP contribution < -0.4 is 16.5 Å². The number of aryl methyl sites for hydroxylation is 2. The molecule has 8 nitrogen and oxygen atoms in total. The van der Waals surface area contributed by atoms with Gasteiger partial charge in [0.25, 0.3) is 0 Å². The number of rotatable bonds is 3. The zero-order valence-electron chi connectivity index (χ0n) is 19.3. The van der Waals surface area contributed by atoms with Gasteiger partial charge in [0.05, 0.1) is 17.2 Å². The minimum Gasteiger partial charge on any atom is -0.369 e. The van der Waals surface area contributed by atoms with Crippen LogP contribution in [0.25, 0.3) is 22.5 Å². The number of hydrogen-bond acceptors (Lipinski definition) is 6. The molecule has 1 unspecified atom stereocenters. The molecule has 3 aliphatic heterocycles. The maximum atomic E-state index is 13.2. The number of pyridine rings is 1. The zero-order chi connectivity index (χ0) is 24.9. The van der Waals surface area contributed by atoms with Gasteiger partial charge in [-0.25, -0.2) is 19.7 Å². The fourth-order valence-electron chi connectivity index (χ4n) is 4.25. The summed E-state index contributed by atoms with van der Waals surface area (Å²) in [7, 11) is 1.63. The normalized spacial score (nSPS) is 14.7. The lowest BCUT2D eigenvalue weighted by Crippen LogP contribution is -2.21. The fraction of sp³-hybridized carbons (Fsp3) is 0.292. The lowest BCUT2D eigenvalue weighted by atomic mass is 10.0.